The highest BCUT2D eigenvalue weighted by Crippen LogP contribution is 2.32. The van der Waals surface area contributed by atoms with Crippen molar-refractivity contribution in [3.8, 4) is 11.5 Å². The van der Waals surface area contributed by atoms with E-state index in [0.29, 0.717) is 13.2 Å². The van der Waals surface area contributed by atoms with Gasteiger partial charge in [-0.05, 0) is 48.2 Å². The fourth-order valence-corrected chi connectivity index (χ4v) is 3.87. The topological polar surface area (TPSA) is 45.2 Å². The molecule has 172 valence electrons. The summed E-state index contributed by atoms with van der Waals surface area (Å²) in [6, 6.07) is 14.5. The van der Waals surface area contributed by atoms with Crippen LogP contribution in [-0.2, 0) is 5.41 Å². The van der Waals surface area contributed by atoms with Crippen molar-refractivity contribution >= 4 is 18.1 Å². The summed E-state index contributed by atoms with van der Waals surface area (Å²) in [5.74, 6) is 1.75. The number of nitrogens with zero attached hydrogens (tertiary/aromatic N) is 2. The average Bonchev–Trinajstić information content (AvgIpc) is 2.73. The summed E-state index contributed by atoms with van der Waals surface area (Å²) in [6.45, 7) is 13.4. The molecule has 1 N–H and O–H groups in total. The molecule has 6 heteroatoms. The maximum Gasteiger partial charge on any atom is 0.123 e. The Balaban J connectivity index is 0.00000341. The van der Waals surface area contributed by atoms with E-state index in [-0.39, 0.29) is 17.8 Å². The number of hydrogen-bond donors (Lipinski definition) is 1. The van der Waals surface area contributed by atoms with E-state index in [2.05, 4.69) is 61.8 Å². The molecule has 0 radical (unpaired) electrons. The number of methoxy groups -OCH3 is 1. The molecule has 1 aliphatic heterocycles. The van der Waals surface area contributed by atoms with Gasteiger partial charge in [0.25, 0.3) is 0 Å². The number of halogens is 1. The van der Waals surface area contributed by atoms with Crippen LogP contribution in [-0.4, -0.2) is 62.6 Å². The molecule has 0 aromatic heterocycles. The molecular weight excluding hydrogens is 412 g/mol. The van der Waals surface area contributed by atoms with Crippen LogP contribution in [0.4, 0.5) is 5.69 Å². The molecule has 1 unspecified atom stereocenters. The van der Waals surface area contributed by atoms with Crippen LogP contribution in [0.3, 0.4) is 0 Å². The predicted octanol–water partition coefficient (Wildman–Crippen LogP) is 4.28. The zero-order valence-corrected chi connectivity index (χ0v) is 20.2. The number of anilines is 1. The zero-order valence-electron chi connectivity index (χ0n) is 19.4. The van der Waals surface area contributed by atoms with Crippen LogP contribution in [0.2, 0.25) is 0 Å². The molecule has 1 atom stereocenters. The fourth-order valence-electron chi connectivity index (χ4n) is 3.87. The summed E-state index contributed by atoms with van der Waals surface area (Å²) in [4.78, 5) is 4.69. The van der Waals surface area contributed by atoms with Gasteiger partial charge in [0.2, 0.25) is 0 Å². The van der Waals surface area contributed by atoms with Crippen LogP contribution < -0.4 is 14.4 Å². The molecule has 0 spiro atoms. The van der Waals surface area contributed by atoms with Gasteiger partial charge in [-0.1, -0.05) is 38.5 Å². The first-order valence-electron chi connectivity index (χ1n) is 10.8. The van der Waals surface area contributed by atoms with Gasteiger partial charge in [-0.2, -0.15) is 0 Å². The summed E-state index contributed by atoms with van der Waals surface area (Å²) < 4.78 is 11.3. The molecule has 1 aliphatic rings. The lowest BCUT2D eigenvalue weighted by atomic mass is 9.85. The normalized spacial score (nSPS) is 15.9. The Morgan fingerprint density at radius 1 is 1.00 bits per heavy atom. The highest BCUT2D eigenvalue weighted by atomic mass is 35.5. The second-order valence-corrected chi connectivity index (χ2v) is 9.20. The van der Waals surface area contributed by atoms with Gasteiger partial charge in [0.1, 0.15) is 24.2 Å². The van der Waals surface area contributed by atoms with Crippen LogP contribution in [0.15, 0.2) is 42.5 Å². The number of hydrogen-bond acceptors (Lipinski definition) is 5. The van der Waals surface area contributed by atoms with Gasteiger partial charge in [0, 0.05) is 38.4 Å². The lowest BCUT2D eigenvalue weighted by molar-refractivity contribution is 0.0656. The third-order valence-corrected chi connectivity index (χ3v) is 5.65. The summed E-state index contributed by atoms with van der Waals surface area (Å²) in [6.07, 6.45) is -0.508. The molecule has 2 aromatic rings. The molecule has 0 bridgehead atoms. The number of piperazine rings is 1. The van der Waals surface area contributed by atoms with Crippen LogP contribution >= 0.6 is 12.4 Å². The van der Waals surface area contributed by atoms with Gasteiger partial charge in [-0.15, -0.1) is 12.4 Å². The number of rotatable bonds is 7. The lowest BCUT2D eigenvalue weighted by Gasteiger charge is -2.37. The molecule has 0 aliphatic carbocycles. The number of aliphatic hydroxyl groups excluding tert-OH is 1. The molecule has 31 heavy (non-hydrogen) atoms. The molecule has 1 heterocycles. The van der Waals surface area contributed by atoms with E-state index in [4.69, 9.17) is 9.47 Å². The van der Waals surface area contributed by atoms with Crippen molar-refractivity contribution in [3.63, 3.8) is 0 Å². The van der Waals surface area contributed by atoms with E-state index in [0.717, 1.165) is 37.7 Å². The largest absolute Gasteiger partial charge is 0.497 e. The van der Waals surface area contributed by atoms with Gasteiger partial charge in [0.15, 0.2) is 0 Å². The molecular formula is C25H37ClN2O3. The van der Waals surface area contributed by atoms with Gasteiger partial charge in [0.05, 0.1) is 7.11 Å². The Labute approximate surface area is 193 Å². The van der Waals surface area contributed by atoms with Crippen molar-refractivity contribution in [3.05, 3.63) is 53.6 Å². The minimum atomic E-state index is -0.508. The molecule has 2 aromatic carbocycles. The van der Waals surface area contributed by atoms with E-state index < -0.39 is 6.10 Å². The zero-order chi connectivity index (χ0) is 21.7. The summed E-state index contributed by atoms with van der Waals surface area (Å²) in [5, 5.41) is 10.6. The Hall–Kier alpha value is -1.95. The SMILES string of the molecule is COc1ccc(N2CCN(CC(O)COc3ccc(C)cc3C(C)(C)C)CC2)cc1.Cl. The van der Waals surface area contributed by atoms with E-state index >= 15 is 0 Å². The number of benzene rings is 2. The van der Waals surface area contributed by atoms with Crippen LogP contribution in [0, 0.1) is 6.92 Å². The Bertz CT molecular complexity index is 813. The molecule has 1 fully saturated rings. The summed E-state index contributed by atoms with van der Waals surface area (Å²) in [5.41, 5.74) is 3.63. The smallest absolute Gasteiger partial charge is 0.123 e. The maximum atomic E-state index is 10.6. The monoisotopic (exact) mass is 448 g/mol. The van der Waals surface area contributed by atoms with Crippen LogP contribution in [0.1, 0.15) is 31.9 Å². The van der Waals surface area contributed by atoms with Crippen molar-refractivity contribution in [1.29, 1.82) is 0 Å². The number of ether oxygens (including phenoxy) is 2. The summed E-state index contributed by atoms with van der Waals surface area (Å²) >= 11 is 0. The summed E-state index contributed by atoms with van der Waals surface area (Å²) in [7, 11) is 1.69. The highest BCUT2D eigenvalue weighted by molar-refractivity contribution is 5.85. The van der Waals surface area contributed by atoms with E-state index in [1.165, 1.54) is 16.8 Å². The van der Waals surface area contributed by atoms with Crippen LogP contribution in [0.25, 0.3) is 0 Å². The Kier molecular flexibility index (Phi) is 9.04. The Morgan fingerprint density at radius 2 is 1.65 bits per heavy atom. The van der Waals surface area contributed by atoms with Crippen molar-refractivity contribution < 1.29 is 14.6 Å². The molecule has 0 saturated carbocycles. The number of aryl methyl sites for hydroxylation is 1. The standard InChI is InChI=1S/C25H36N2O3.ClH/c1-19-6-11-24(23(16-19)25(2,3)4)30-18-21(28)17-26-12-14-27(15-13-26)20-7-9-22(29-5)10-8-20;/h6-11,16,21,28H,12-15,17-18H2,1-5H3;1H. The second-order valence-electron chi connectivity index (χ2n) is 9.20. The minimum absolute atomic E-state index is 0. The second kappa shape index (κ2) is 11.1. The van der Waals surface area contributed by atoms with E-state index in [9.17, 15) is 5.11 Å². The van der Waals surface area contributed by atoms with Gasteiger partial charge >= 0.3 is 0 Å². The number of β-amino-alcohol motifs (C(OH)–C–C–N with tert-alkyl or cyclic N) is 1. The Morgan fingerprint density at radius 3 is 2.23 bits per heavy atom. The van der Waals surface area contributed by atoms with Gasteiger partial charge in [-0.3, -0.25) is 4.90 Å². The first kappa shape index (κ1) is 25.3. The minimum Gasteiger partial charge on any atom is -0.497 e. The quantitative estimate of drug-likeness (QED) is 0.684. The fraction of sp³-hybridized carbons (Fsp3) is 0.520. The molecule has 1 saturated heterocycles. The van der Waals surface area contributed by atoms with E-state index in [1.807, 2.05) is 18.2 Å². The maximum absolute atomic E-state index is 10.6. The first-order chi connectivity index (χ1) is 14.3. The average molecular weight is 449 g/mol. The number of aliphatic hydroxyl groups is 1. The lowest BCUT2D eigenvalue weighted by Crippen LogP contribution is -2.49. The first-order valence-corrected chi connectivity index (χ1v) is 10.8. The predicted molar refractivity (Wildman–Crippen MR) is 130 cm³/mol. The van der Waals surface area contributed by atoms with Crippen molar-refractivity contribution in [1.82, 2.24) is 4.90 Å². The third kappa shape index (κ3) is 7.03. The van der Waals surface area contributed by atoms with Crippen molar-refractivity contribution in [2.24, 2.45) is 0 Å². The van der Waals surface area contributed by atoms with Gasteiger partial charge < -0.3 is 19.5 Å². The highest BCUT2D eigenvalue weighted by Gasteiger charge is 2.22. The molecule has 0 amide bonds. The molecule has 5 nitrogen and oxygen atoms in total. The van der Waals surface area contributed by atoms with Crippen LogP contribution in [0.5, 0.6) is 11.5 Å². The van der Waals surface area contributed by atoms with Crippen molar-refractivity contribution in [2.75, 3.05) is 51.3 Å². The van der Waals surface area contributed by atoms with E-state index in [1.54, 1.807) is 7.11 Å². The van der Waals surface area contributed by atoms with Gasteiger partial charge in [-0.25, -0.2) is 0 Å². The molecule has 3 rings (SSSR count). The van der Waals surface area contributed by atoms with Crippen molar-refractivity contribution in [2.45, 2.75) is 39.2 Å². The third-order valence-electron chi connectivity index (χ3n) is 5.65.